The Labute approximate surface area is 112 Å². The normalized spacial score (nSPS) is 41.8. The Balaban J connectivity index is 1.56. The summed E-state index contributed by atoms with van der Waals surface area (Å²) in [6.45, 7) is 1.47. The second-order valence-corrected chi connectivity index (χ2v) is 6.55. The van der Waals surface area contributed by atoms with Crippen molar-refractivity contribution in [2.75, 3.05) is 13.1 Å². The molecular weight excluding hydrogens is 242 g/mol. The van der Waals surface area contributed by atoms with Crippen LogP contribution in [0.15, 0.2) is 4.52 Å². The van der Waals surface area contributed by atoms with Crippen LogP contribution in [-0.2, 0) is 5.60 Å². The number of hydrogen-bond donors (Lipinski definition) is 2. The summed E-state index contributed by atoms with van der Waals surface area (Å²) < 4.78 is 5.38. The van der Waals surface area contributed by atoms with Crippen LogP contribution >= 0.6 is 0 Å². The summed E-state index contributed by atoms with van der Waals surface area (Å²) in [6, 6.07) is 0. The van der Waals surface area contributed by atoms with Crippen LogP contribution in [0.3, 0.4) is 0 Å². The lowest BCUT2D eigenvalue weighted by molar-refractivity contribution is -0.0167. The van der Waals surface area contributed by atoms with Crippen LogP contribution < -0.4 is 5.32 Å². The van der Waals surface area contributed by atoms with Gasteiger partial charge in [-0.1, -0.05) is 11.6 Å². The molecule has 2 aliphatic carbocycles. The molecule has 3 aliphatic rings. The zero-order valence-corrected chi connectivity index (χ0v) is 11.1. The minimum Gasteiger partial charge on any atom is -0.379 e. The van der Waals surface area contributed by atoms with Gasteiger partial charge in [0, 0.05) is 12.5 Å². The van der Waals surface area contributed by atoms with E-state index in [0.717, 1.165) is 30.6 Å². The number of β-amino-alcohol motifs (C(OH)–C–C–N with tert-alkyl or cyclic N) is 1. The molecule has 4 atom stereocenters. The van der Waals surface area contributed by atoms with Crippen LogP contribution in [0.2, 0.25) is 0 Å². The van der Waals surface area contributed by atoms with Crippen molar-refractivity contribution in [1.29, 1.82) is 0 Å². The number of nitrogens with zero attached hydrogens (tertiary/aromatic N) is 2. The molecule has 19 heavy (non-hydrogen) atoms. The van der Waals surface area contributed by atoms with Gasteiger partial charge >= 0.3 is 0 Å². The number of rotatable bonds is 2. The highest BCUT2D eigenvalue weighted by atomic mass is 16.5. The van der Waals surface area contributed by atoms with E-state index in [1.807, 2.05) is 0 Å². The van der Waals surface area contributed by atoms with E-state index in [-0.39, 0.29) is 0 Å². The van der Waals surface area contributed by atoms with Gasteiger partial charge in [0.1, 0.15) is 0 Å². The highest BCUT2D eigenvalue weighted by molar-refractivity contribution is 5.09. The number of piperidine rings is 1. The van der Waals surface area contributed by atoms with Crippen molar-refractivity contribution in [3.8, 4) is 0 Å². The molecule has 104 valence electrons. The SMILES string of the molecule is OC1(c2nc(C3CC4CCC3C4)no2)CCCNC1. The van der Waals surface area contributed by atoms with E-state index in [2.05, 4.69) is 15.5 Å². The number of aromatic nitrogens is 2. The predicted octanol–water partition coefficient (Wildman–Crippen LogP) is 1.54. The van der Waals surface area contributed by atoms with Crippen molar-refractivity contribution in [2.24, 2.45) is 11.8 Å². The number of aliphatic hydroxyl groups is 1. The molecule has 1 aliphatic heterocycles. The zero-order valence-electron chi connectivity index (χ0n) is 11.1. The molecule has 1 aromatic rings. The largest absolute Gasteiger partial charge is 0.379 e. The van der Waals surface area contributed by atoms with E-state index in [1.54, 1.807) is 0 Å². The minimum absolute atomic E-state index is 0.414. The summed E-state index contributed by atoms with van der Waals surface area (Å²) in [5.41, 5.74) is -0.957. The fourth-order valence-corrected chi connectivity index (χ4v) is 4.21. The van der Waals surface area contributed by atoms with Crippen molar-refractivity contribution in [3.63, 3.8) is 0 Å². The summed E-state index contributed by atoms with van der Waals surface area (Å²) in [4.78, 5) is 4.54. The van der Waals surface area contributed by atoms with E-state index in [9.17, 15) is 5.11 Å². The van der Waals surface area contributed by atoms with Gasteiger partial charge in [-0.2, -0.15) is 4.98 Å². The fraction of sp³-hybridized carbons (Fsp3) is 0.857. The molecule has 2 heterocycles. The molecule has 2 saturated carbocycles. The van der Waals surface area contributed by atoms with Gasteiger partial charge in [-0.15, -0.1) is 0 Å². The highest BCUT2D eigenvalue weighted by Crippen LogP contribution is 2.52. The number of nitrogens with one attached hydrogen (secondary N) is 1. The van der Waals surface area contributed by atoms with Crippen LogP contribution in [0, 0.1) is 11.8 Å². The maximum atomic E-state index is 10.6. The second-order valence-electron chi connectivity index (χ2n) is 6.55. The third kappa shape index (κ3) is 1.91. The van der Waals surface area contributed by atoms with Crippen LogP contribution in [0.25, 0.3) is 0 Å². The highest BCUT2D eigenvalue weighted by Gasteiger charge is 2.44. The average Bonchev–Trinajstić information content (AvgIpc) is 3.15. The monoisotopic (exact) mass is 263 g/mol. The minimum atomic E-state index is -0.957. The van der Waals surface area contributed by atoms with Gasteiger partial charge in [-0.05, 0) is 50.5 Å². The molecule has 4 unspecified atom stereocenters. The van der Waals surface area contributed by atoms with E-state index >= 15 is 0 Å². The molecule has 3 fully saturated rings. The fourth-order valence-electron chi connectivity index (χ4n) is 4.21. The van der Waals surface area contributed by atoms with Gasteiger partial charge in [0.2, 0.25) is 0 Å². The molecule has 1 saturated heterocycles. The molecule has 2 N–H and O–H groups in total. The molecule has 5 nitrogen and oxygen atoms in total. The zero-order chi connectivity index (χ0) is 12.9. The van der Waals surface area contributed by atoms with Crippen LogP contribution in [0.1, 0.15) is 56.2 Å². The molecular formula is C14H21N3O2. The second kappa shape index (κ2) is 4.28. The smallest absolute Gasteiger partial charge is 0.259 e. The lowest BCUT2D eigenvalue weighted by Gasteiger charge is -2.28. The van der Waals surface area contributed by atoms with Crippen LogP contribution in [0.4, 0.5) is 0 Å². The molecule has 2 bridgehead atoms. The average molecular weight is 263 g/mol. The van der Waals surface area contributed by atoms with Crippen molar-refractivity contribution in [3.05, 3.63) is 11.7 Å². The Bertz CT molecular complexity index is 467. The van der Waals surface area contributed by atoms with E-state index < -0.39 is 5.60 Å². The molecule has 0 amide bonds. The molecule has 5 heteroatoms. The van der Waals surface area contributed by atoms with E-state index in [1.165, 1.54) is 25.7 Å². The Hall–Kier alpha value is -0.940. The van der Waals surface area contributed by atoms with E-state index in [4.69, 9.17) is 4.52 Å². The number of fused-ring (bicyclic) bond motifs is 2. The molecule has 0 aromatic carbocycles. The summed E-state index contributed by atoms with van der Waals surface area (Å²) in [5.74, 6) is 3.33. The van der Waals surface area contributed by atoms with Gasteiger partial charge in [0.15, 0.2) is 11.4 Å². The summed E-state index contributed by atoms with van der Waals surface area (Å²) in [6.07, 6.45) is 6.88. The quantitative estimate of drug-likeness (QED) is 0.847. The van der Waals surface area contributed by atoms with Gasteiger partial charge < -0.3 is 14.9 Å². The maximum absolute atomic E-state index is 10.6. The lowest BCUT2D eigenvalue weighted by Crippen LogP contribution is -2.43. The first kappa shape index (κ1) is 11.9. The van der Waals surface area contributed by atoms with Crippen molar-refractivity contribution < 1.29 is 9.63 Å². The lowest BCUT2D eigenvalue weighted by atomic mass is 9.88. The van der Waals surface area contributed by atoms with Crippen molar-refractivity contribution >= 4 is 0 Å². The number of hydrogen-bond acceptors (Lipinski definition) is 5. The summed E-state index contributed by atoms with van der Waals surface area (Å²) in [7, 11) is 0. The van der Waals surface area contributed by atoms with Gasteiger partial charge in [-0.25, -0.2) is 0 Å². The van der Waals surface area contributed by atoms with Crippen LogP contribution in [0.5, 0.6) is 0 Å². The summed E-state index contributed by atoms with van der Waals surface area (Å²) >= 11 is 0. The van der Waals surface area contributed by atoms with Crippen molar-refractivity contribution in [2.45, 2.75) is 50.0 Å². The third-order valence-corrected chi connectivity index (χ3v) is 5.27. The topological polar surface area (TPSA) is 71.2 Å². The van der Waals surface area contributed by atoms with Gasteiger partial charge in [0.25, 0.3) is 5.89 Å². The molecule has 1 aromatic heterocycles. The standard InChI is InChI=1S/C14H21N3O2/c18-14(4-1-5-15-8-14)13-16-12(17-19-13)11-7-9-2-3-10(11)6-9/h9-11,15,18H,1-8H2. The Morgan fingerprint density at radius 1 is 1.32 bits per heavy atom. The summed E-state index contributed by atoms with van der Waals surface area (Å²) in [5, 5.41) is 17.9. The molecule has 0 radical (unpaired) electrons. The first-order chi connectivity index (χ1) is 9.24. The Morgan fingerprint density at radius 2 is 2.26 bits per heavy atom. The molecule has 4 rings (SSSR count). The van der Waals surface area contributed by atoms with Gasteiger partial charge in [0.05, 0.1) is 0 Å². The van der Waals surface area contributed by atoms with Crippen molar-refractivity contribution in [1.82, 2.24) is 15.5 Å². The van der Waals surface area contributed by atoms with E-state index in [0.29, 0.717) is 24.8 Å². The first-order valence-electron chi connectivity index (χ1n) is 7.52. The predicted molar refractivity (Wildman–Crippen MR) is 68.5 cm³/mol. The van der Waals surface area contributed by atoms with Gasteiger partial charge in [-0.3, -0.25) is 0 Å². The maximum Gasteiger partial charge on any atom is 0.259 e. The third-order valence-electron chi connectivity index (χ3n) is 5.27. The van der Waals surface area contributed by atoms with Crippen LogP contribution in [-0.4, -0.2) is 28.3 Å². The molecule has 0 spiro atoms. The Morgan fingerprint density at radius 3 is 2.95 bits per heavy atom. The Kier molecular flexibility index (Phi) is 2.67. The first-order valence-corrected chi connectivity index (χ1v) is 7.52.